The molecule has 2 heterocycles. The summed E-state index contributed by atoms with van der Waals surface area (Å²) < 4.78 is 0.597. The van der Waals surface area contributed by atoms with E-state index in [2.05, 4.69) is 26.1 Å². The second kappa shape index (κ2) is 6.16. The van der Waals surface area contributed by atoms with E-state index < -0.39 is 11.9 Å². The number of nitrogens with zero attached hydrogens (tertiary/aromatic N) is 2. The van der Waals surface area contributed by atoms with Crippen LogP contribution in [0.4, 0.5) is 0 Å². The molecule has 0 bridgehead atoms. The molecule has 0 radical (unpaired) electrons. The first-order chi connectivity index (χ1) is 11.0. The molecule has 2 unspecified atom stereocenters. The van der Waals surface area contributed by atoms with Gasteiger partial charge in [-0.1, -0.05) is 30.3 Å². The van der Waals surface area contributed by atoms with Gasteiger partial charge in [0, 0.05) is 18.2 Å². The third-order valence-corrected chi connectivity index (χ3v) is 5.07. The molecule has 2 aromatic rings. The van der Waals surface area contributed by atoms with Crippen LogP contribution in [-0.4, -0.2) is 44.7 Å². The monoisotopic (exact) mass is 377 g/mol. The van der Waals surface area contributed by atoms with Gasteiger partial charge in [-0.05, 0) is 29.3 Å². The van der Waals surface area contributed by atoms with Crippen LogP contribution < -0.4 is 0 Å². The minimum atomic E-state index is -0.860. The maximum atomic E-state index is 12.7. The number of aromatic nitrogens is 2. The molecule has 1 aliphatic heterocycles. The number of hydrogen-bond donors (Lipinski definition) is 2. The Morgan fingerprint density at radius 2 is 2.04 bits per heavy atom. The summed E-state index contributed by atoms with van der Waals surface area (Å²) >= 11 is 3.44. The first kappa shape index (κ1) is 15.7. The van der Waals surface area contributed by atoms with Gasteiger partial charge in [0.25, 0.3) is 5.91 Å². The van der Waals surface area contributed by atoms with Gasteiger partial charge in [-0.3, -0.25) is 14.7 Å². The largest absolute Gasteiger partial charge is 0.481 e. The van der Waals surface area contributed by atoms with Crippen molar-refractivity contribution in [2.24, 2.45) is 5.92 Å². The van der Waals surface area contributed by atoms with Crippen molar-refractivity contribution in [3.8, 4) is 11.3 Å². The lowest BCUT2D eigenvalue weighted by Gasteiger charge is -2.22. The molecule has 1 aromatic carbocycles. The zero-order chi connectivity index (χ0) is 16.6. The van der Waals surface area contributed by atoms with Crippen molar-refractivity contribution >= 4 is 27.8 Å². The van der Waals surface area contributed by atoms with Crippen molar-refractivity contribution in [2.75, 3.05) is 6.54 Å². The number of aromatic amines is 1. The summed E-state index contributed by atoms with van der Waals surface area (Å²) in [6.07, 6.45) is 0.472. The summed E-state index contributed by atoms with van der Waals surface area (Å²) in [6.45, 7) is 2.20. The predicted octanol–water partition coefficient (Wildman–Crippen LogP) is 2.77. The Bertz CT molecular complexity index is 744. The summed E-state index contributed by atoms with van der Waals surface area (Å²) in [5.41, 5.74) is 1.91. The molecule has 0 spiro atoms. The highest BCUT2D eigenvalue weighted by atomic mass is 79.9. The Morgan fingerprint density at radius 3 is 2.65 bits per heavy atom. The molecular weight excluding hydrogens is 362 g/mol. The van der Waals surface area contributed by atoms with Crippen molar-refractivity contribution in [3.63, 3.8) is 0 Å². The fourth-order valence-corrected chi connectivity index (χ4v) is 3.53. The summed E-state index contributed by atoms with van der Waals surface area (Å²) in [7, 11) is 0. The van der Waals surface area contributed by atoms with Crippen molar-refractivity contribution in [1.82, 2.24) is 15.1 Å². The Balaban J connectivity index is 1.87. The van der Waals surface area contributed by atoms with Crippen molar-refractivity contribution in [3.05, 3.63) is 40.5 Å². The second-order valence-corrected chi connectivity index (χ2v) is 6.39. The smallest absolute Gasteiger partial charge is 0.308 e. The molecule has 1 saturated heterocycles. The molecule has 2 N–H and O–H groups in total. The molecule has 0 aliphatic carbocycles. The van der Waals surface area contributed by atoms with Gasteiger partial charge in [0.2, 0.25) is 0 Å². The standard InChI is InChI=1S/C16H16BrN3O3/c1-9-11(16(22)23)7-8-20(9)15(21)14-12(17)13(18-19-14)10-5-3-2-4-6-10/h2-6,9,11H,7-8H2,1H3,(H,18,19)(H,22,23). The Morgan fingerprint density at radius 1 is 1.35 bits per heavy atom. The van der Waals surface area contributed by atoms with Gasteiger partial charge in [0.1, 0.15) is 11.4 Å². The Labute approximate surface area is 141 Å². The number of benzene rings is 1. The molecule has 23 heavy (non-hydrogen) atoms. The number of likely N-dealkylation sites (tertiary alicyclic amines) is 1. The SMILES string of the molecule is CC1C(C(=O)O)CCN1C(=O)c1[nH]nc(-c2ccccc2)c1Br. The number of amides is 1. The van der Waals surface area contributed by atoms with Gasteiger partial charge in [-0.25, -0.2) is 0 Å². The van der Waals surface area contributed by atoms with Crippen LogP contribution >= 0.6 is 15.9 Å². The van der Waals surface area contributed by atoms with E-state index >= 15 is 0 Å². The van der Waals surface area contributed by atoms with Crippen LogP contribution in [0.1, 0.15) is 23.8 Å². The van der Waals surface area contributed by atoms with Crippen molar-refractivity contribution in [2.45, 2.75) is 19.4 Å². The molecule has 0 saturated carbocycles. The normalized spacial score (nSPS) is 20.7. The fraction of sp³-hybridized carbons (Fsp3) is 0.312. The average molecular weight is 378 g/mol. The molecule has 7 heteroatoms. The molecule has 6 nitrogen and oxygen atoms in total. The summed E-state index contributed by atoms with van der Waals surface area (Å²) in [5, 5.41) is 16.2. The van der Waals surface area contributed by atoms with Crippen LogP contribution in [0.3, 0.4) is 0 Å². The van der Waals surface area contributed by atoms with Crippen LogP contribution in [0.5, 0.6) is 0 Å². The molecule has 1 amide bonds. The number of rotatable bonds is 3. The first-order valence-electron chi connectivity index (χ1n) is 7.33. The van der Waals surface area contributed by atoms with E-state index in [9.17, 15) is 14.7 Å². The number of carbonyl (C=O) groups excluding carboxylic acids is 1. The van der Waals surface area contributed by atoms with E-state index in [0.717, 1.165) is 5.56 Å². The van der Waals surface area contributed by atoms with Crippen LogP contribution in [-0.2, 0) is 4.79 Å². The highest BCUT2D eigenvalue weighted by Gasteiger charge is 2.39. The second-order valence-electron chi connectivity index (χ2n) is 5.60. The first-order valence-corrected chi connectivity index (χ1v) is 8.13. The van der Waals surface area contributed by atoms with Gasteiger partial charge in [0.15, 0.2) is 0 Å². The number of hydrogen-bond acceptors (Lipinski definition) is 3. The van der Waals surface area contributed by atoms with Gasteiger partial charge in [0.05, 0.1) is 10.4 Å². The third kappa shape index (κ3) is 2.76. The van der Waals surface area contributed by atoms with Crippen LogP contribution in [0, 0.1) is 5.92 Å². The third-order valence-electron chi connectivity index (χ3n) is 4.30. The van der Waals surface area contributed by atoms with E-state index in [0.29, 0.717) is 28.8 Å². The van der Waals surface area contributed by atoms with E-state index in [1.54, 1.807) is 11.8 Å². The molecule has 3 rings (SSSR count). The lowest BCUT2D eigenvalue weighted by Crippen LogP contribution is -2.38. The summed E-state index contributed by atoms with van der Waals surface area (Å²) in [5.74, 6) is -1.61. The van der Waals surface area contributed by atoms with Crippen LogP contribution in [0.25, 0.3) is 11.3 Å². The molecular formula is C16H16BrN3O3. The lowest BCUT2D eigenvalue weighted by atomic mass is 10.0. The number of carboxylic acid groups (broad SMARTS) is 1. The molecule has 2 atom stereocenters. The lowest BCUT2D eigenvalue weighted by molar-refractivity contribution is -0.142. The number of H-pyrrole nitrogens is 1. The van der Waals surface area contributed by atoms with Crippen LogP contribution in [0.2, 0.25) is 0 Å². The number of nitrogens with one attached hydrogen (secondary N) is 1. The zero-order valence-corrected chi connectivity index (χ0v) is 14.1. The minimum Gasteiger partial charge on any atom is -0.481 e. The maximum absolute atomic E-state index is 12.7. The van der Waals surface area contributed by atoms with Crippen molar-refractivity contribution < 1.29 is 14.7 Å². The van der Waals surface area contributed by atoms with Crippen molar-refractivity contribution in [1.29, 1.82) is 0 Å². The van der Waals surface area contributed by atoms with E-state index in [1.807, 2.05) is 30.3 Å². The summed E-state index contributed by atoms with van der Waals surface area (Å²) in [6, 6.07) is 9.20. The number of aliphatic carboxylic acids is 1. The van der Waals surface area contributed by atoms with Gasteiger partial charge < -0.3 is 10.0 Å². The Kier molecular flexibility index (Phi) is 4.21. The van der Waals surface area contributed by atoms with Gasteiger partial charge >= 0.3 is 5.97 Å². The highest BCUT2D eigenvalue weighted by molar-refractivity contribution is 9.10. The number of carbonyl (C=O) groups is 2. The quantitative estimate of drug-likeness (QED) is 0.860. The fourth-order valence-electron chi connectivity index (χ4n) is 2.96. The number of carboxylic acids is 1. The number of halogens is 1. The molecule has 1 fully saturated rings. The maximum Gasteiger partial charge on any atom is 0.308 e. The molecule has 120 valence electrons. The Hall–Kier alpha value is -2.15. The van der Waals surface area contributed by atoms with Gasteiger partial charge in [-0.15, -0.1) is 0 Å². The van der Waals surface area contributed by atoms with Crippen LogP contribution in [0.15, 0.2) is 34.8 Å². The zero-order valence-electron chi connectivity index (χ0n) is 12.5. The van der Waals surface area contributed by atoms with E-state index in [-0.39, 0.29) is 11.9 Å². The molecule has 1 aliphatic rings. The topological polar surface area (TPSA) is 86.3 Å². The molecule has 1 aromatic heterocycles. The minimum absolute atomic E-state index is 0.234. The average Bonchev–Trinajstić information content (AvgIpc) is 3.11. The van der Waals surface area contributed by atoms with E-state index in [1.165, 1.54) is 0 Å². The van der Waals surface area contributed by atoms with E-state index in [4.69, 9.17) is 0 Å². The predicted molar refractivity (Wildman–Crippen MR) is 88.0 cm³/mol. The summed E-state index contributed by atoms with van der Waals surface area (Å²) in [4.78, 5) is 25.5. The van der Waals surface area contributed by atoms with Gasteiger partial charge in [-0.2, -0.15) is 5.10 Å². The highest BCUT2D eigenvalue weighted by Crippen LogP contribution is 2.32.